The van der Waals surface area contributed by atoms with E-state index in [0.717, 1.165) is 6.42 Å². The first-order chi connectivity index (χ1) is 6.67. The zero-order valence-corrected chi connectivity index (χ0v) is 9.23. The van der Waals surface area contributed by atoms with Crippen molar-refractivity contribution in [1.82, 2.24) is 4.98 Å². The van der Waals surface area contributed by atoms with E-state index in [2.05, 4.69) is 17.2 Å². The van der Waals surface area contributed by atoms with Crippen LogP contribution in [0, 0.1) is 5.92 Å². The molecule has 0 aliphatic carbocycles. The van der Waals surface area contributed by atoms with Crippen LogP contribution in [0.25, 0.3) is 0 Å². The number of nitrogens with zero attached hydrogens (tertiary/aromatic N) is 1. The molecule has 1 rings (SSSR count). The van der Waals surface area contributed by atoms with Crippen LogP contribution in [0.15, 0.2) is 6.20 Å². The van der Waals surface area contributed by atoms with E-state index in [1.165, 1.54) is 16.2 Å². The maximum absolute atomic E-state index is 11.4. The van der Waals surface area contributed by atoms with Gasteiger partial charge in [-0.2, -0.15) is 0 Å². The fraction of sp³-hybridized carbons (Fsp3) is 0.556. The first kappa shape index (κ1) is 11.1. The Labute approximate surface area is 87.5 Å². The highest BCUT2D eigenvalue weighted by Gasteiger charge is 2.12. The molecular weight excluding hydrogens is 198 g/mol. The van der Waals surface area contributed by atoms with Gasteiger partial charge in [-0.3, -0.25) is 4.79 Å². The molecule has 1 aromatic heterocycles. The number of nitrogens with one attached hydrogen (secondary N) is 1. The van der Waals surface area contributed by atoms with Crippen LogP contribution in [-0.4, -0.2) is 17.4 Å². The van der Waals surface area contributed by atoms with Gasteiger partial charge >= 0.3 is 0 Å². The molecular formula is C9H15N3OS. The van der Waals surface area contributed by atoms with Crippen molar-refractivity contribution in [1.29, 1.82) is 0 Å². The summed E-state index contributed by atoms with van der Waals surface area (Å²) in [4.78, 5) is 16.7. The van der Waals surface area contributed by atoms with Gasteiger partial charge in [0.25, 0.3) is 0 Å². The highest BCUT2D eigenvalue weighted by atomic mass is 32.1. The van der Waals surface area contributed by atoms with Crippen molar-refractivity contribution >= 4 is 22.4 Å². The average Bonchev–Trinajstić information content (AvgIpc) is 2.64. The first-order valence-corrected chi connectivity index (χ1v) is 5.44. The Morgan fingerprint density at radius 1 is 1.79 bits per heavy atom. The molecule has 4 nitrogen and oxygen atoms in total. The maximum Gasteiger partial charge on any atom is 0.230 e. The number of hydrogen-bond acceptors (Lipinski definition) is 4. The monoisotopic (exact) mass is 213 g/mol. The predicted molar refractivity (Wildman–Crippen MR) is 58.3 cm³/mol. The van der Waals surface area contributed by atoms with Crippen LogP contribution >= 0.6 is 11.3 Å². The molecule has 0 saturated carbocycles. The van der Waals surface area contributed by atoms with Gasteiger partial charge in [0, 0.05) is 23.5 Å². The molecule has 0 fully saturated rings. The molecule has 78 valence electrons. The second-order valence-corrected chi connectivity index (χ2v) is 4.23. The summed E-state index contributed by atoms with van der Waals surface area (Å²) in [6.07, 6.45) is 2.73. The van der Waals surface area contributed by atoms with E-state index in [-0.39, 0.29) is 11.8 Å². The number of aryl methyl sites for hydroxylation is 1. The Balaban J connectivity index is 2.56. The third-order valence-electron chi connectivity index (χ3n) is 1.93. The second kappa shape index (κ2) is 5.07. The Bertz CT molecular complexity index is 311. The van der Waals surface area contributed by atoms with Crippen LogP contribution in [0.2, 0.25) is 0 Å². The molecule has 0 spiro atoms. The largest absolute Gasteiger partial charge is 0.330 e. The van der Waals surface area contributed by atoms with Gasteiger partial charge in [-0.25, -0.2) is 4.98 Å². The first-order valence-electron chi connectivity index (χ1n) is 4.63. The van der Waals surface area contributed by atoms with Gasteiger partial charge < -0.3 is 11.1 Å². The summed E-state index contributed by atoms with van der Waals surface area (Å²) in [6, 6.07) is 0. The fourth-order valence-corrected chi connectivity index (χ4v) is 1.62. The van der Waals surface area contributed by atoms with Crippen LogP contribution < -0.4 is 11.1 Å². The third kappa shape index (κ3) is 2.78. The van der Waals surface area contributed by atoms with Crippen molar-refractivity contribution in [3.05, 3.63) is 11.1 Å². The third-order valence-corrected chi connectivity index (χ3v) is 2.99. The molecule has 1 aromatic rings. The minimum absolute atomic E-state index is 0.0653. The summed E-state index contributed by atoms with van der Waals surface area (Å²) in [7, 11) is 0. The standard InChI is InChI=1S/C9H15N3OS/c1-3-7-5-11-9(14-7)12-8(13)6(2)4-10/h5-6H,3-4,10H2,1-2H3,(H,11,12,13). The van der Waals surface area contributed by atoms with E-state index in [1.807, 2.05) is 0 Å². The molecule has 1 amide bonds. The lowest BCUT2D eigenvalue weighted by atomic mass is 10.2. The maximum atomic E-state index is 11.4. The highest BCUT2D eigenvalue weighted by molar-refractivity contribution is 7.15. The quantitative estimate of drug-likeness (QED) is 0.790. The predicted octanol–water partition coefficient (Wildman–Crippen LogP) is 1.24. The molecule has 0 bridgehead atoms. The smallest absolute Gasteiger partial charge is 0.230 e. The van der Waals surface area contributed by atoms with E-state index >= 15 is 0 Å². The minimum Gasteiger partial charge on any atom is -0.330 e. The van der Waals surface area contributed by atoms with Crippen molar-refractivity contribution in [3.8, 4) is 0 Å². The lowest BCUT2D eigenvalue weighted by molar-refractivity contribution is -0.119. The summed E-state index contributed by atoms with van der Waals surface area (Å²) < 4.78 is 0. The molecule has 1 atom stereocenters. The molecule has 14 heavy (non-hydrogen) atoms. The summed E-state index contributed by atoms with van der Waals surface area (Å²) in [5.41, 5.74) is 5.38. The summed E-state index contributed by atoms with van der Waals surface area (Å²) in [5.74, 6) is -0.228. The number of carbonyl (C=O) groups excluding carboxylic acids is 1. The van der Waals surface area contributed by atoms with E-state index < -0.39 is 0 Å². The normalized spacial score (nSPS) is 12.5. The summed E-state index contributed by atoms with van der Waals surface area (Å²) >= 11 is 1.51. The Kier molecular flexibility index (Phi) is 4.03. The van der Waals surface area contributed by atoms with Crippen molar-refractivity contribution < 1.29 is 4.79 Å². The average molecular weight is 213 g/mol. The van der Waals surface area contributed by atoms with Gasteiger partial charge in [0.1, 0.15) is 0 Å². The molecule has 1 unspecified atom stereocenters. The Morgan fingerprint density at radius 3 is 3.00 bits per heavy atom. The molecule has 0 saturated heterocycles. The lowest BCUT2D eigenvalue weighted by Crippen LogP contribution is -2.26. The SMILES string of the molecule is CCc1cnc(NC(=O)C(C)CN)s1. The highest BCUT2D eigenvalue weighted by Crippen LogP contribution is 2.18. The van der Waals surface area contributed by atoms with E-state index in [9.17, 15) is 4.79 Å². The number of nitrogens with two attached hydrogens (primary N) is 1. The van der Waals surface area contributed by atoms with Crippen LogP contribution in [0.3, 0.4) is 0 Å². The molecule has 0 aliphatic rings. The number of rotatable bonds is 4. The zero-order chi connectivity index (χ0) is 10.6. The lowest BCUT2D eigenvalue weighted by Gasteiger charge is -2.06. The molecule has 5 heteroatoms. The van der Waals surface area contributed by atoms with Gasteiger partial charge in [-0.1, -0.05) is 13.8 Å². The number of carbonyl (C=O) groups is 1. The number of anilines is 1. The van der Waals surface area contributed by atoms with Crippen molar-refractivity contribution in [3.63, 3.8) is 0 Å². The minimum atomic E-state index is -0.163. The molecule has 3 N–H and O–H groups in total. The Hall–Kier alpha value is -0.940. The van der Waals surface area contributed by atoms with Crippen molar-refractivity contribution in [2.45, 2.75) is 20.3 Å². The van der Waals surface area contributed by atoms with Gasteiger partial charge in [0.15, 0.2) is 5.13 Å². The number of hydrogen-bond donors (Lipinski definition) is 2. The molecule has 0 radical (unpaired) electrons. The number of amides is 1. The van der Waals surface area contributed by atoms with Crippen LogP contribution in [0.4, 0.5) is 5.13 Å². The Morgan fingerprint density at radius 2 is 2.50 bits per heavy atom. The summed E-state index contributed by atoms with van der Waals surface area (Å²) in [6.45, 7) is 4.21. The van der Waals surface area contributed by atoms with Gasteiger partial charge in [-0.05, 0) is 6.42 Å². The van der Waals surface area contributed by atoms with Crippen LogP contribution in [0.5, 0.6) is 0 Å². The number of aromatic nitrogens is 1. The summed E-state index contributed by atoms with van der Waals surface area (Å²) in [5, 5.41) is 3.40. The molecule has 0 aromatic carbocycles. The fourth-order valence-electron chi connectivity index (χ4n) is 0.864. The topological polar surface area (TPSA) is 68.0 Å². The second-order valence-electron chi connectivity index (χ2n) is 3.11. The van der Waals surface area contributed by atoms with Crippen molar-refractivity contribution in [2.75, 3.05) is 11.9 Å². The number of thiazole rings is 1. The zero-order valence-electron chi connectivity index (χ0n) is 8.41. The van der Waals surface area contributed by atoms with E-state index in [4.69, 9.17) is 5.73 Å². The van der Waals surface area contributed by atoms with Gasteiger partial charge in [0.2, 0.25) is 5.91 Å². The molecule has 0 aliphatic heterocycles. The van der Waals surface area contributed by atoms with Gasteiger partial charge in [0.05, 0.1) is 0 Å². The van der Waals surface area contributed by atoms with E-state index in [0.29, 0.717) is 11.7 Å². The van der Waals surface area contributed by atoms with Crippen molar-refractivity contribution in [2.24, 2.45) is 11.7 Å². The van der Waals surface area contributed by atoms with Crippen LogP contribution in [0.1, 0.15) is 18.7 Å². The van der Waals surface area contributed by atoms with Gasteiger partial charge in [-0.15, -0.1) is 11.3 Å². The van der Waals surface area contributed by atoms with Crippen LogP contribution in [-0.2, 0) is 11.2 Å². The molecule has 1 heterocycles. The van der Waals surface area contributed by atoms with E-state index in [1.54, 1.807) is 13.1 Å².